The number of aromatic amines is 1. The number of ether oxygens (including phenoxy) is 1. The van der Waals surface area contributed by atoms with Crippen LogP contribution < -0.4 is 10.9 Å². The fourth-order valence-electron chi connectivity index (χ4n) is 5.05. The van der Waals surface area contributed by atoms with Crippen molar-refractivity contribution in [3.63, 3.8) is 0 Å². The van der Waals surface area contributed by atoms with E-state index in [0.29, 0.717) is 37.5 Å². The van der Waals surface area contributed by atoms with E-state index in [9.17, 15) is 14.4 Å². The summed E-state index contributed by atoms with van der Waals surface area (Å²) in [5, 5.41) is 5.11. The number of carbonyl (C=O) groups is 2. The summed E-state index contributed by atoms with van der Waals surface area (Å²) < 4.78 is 6.78. The van der Waals surface area contributed by atoms with Crippen molar-refractivity contribution in [3.05, 3.63) is 79.9 Å². The zero-order valence-electron chi connectivity index (χ0n) is 21.6. The number of hydrogen-bond acceptors (Lipinski definition) is 7. The summed E-state index contributed by atoms with van der Waals surface area (Å²) in [6.45, 7) is 2.03. The number of esters is 1. The fraction of sp³-hybridized carbons (Fsp3) is 0.241. The number of rotatable bonds is 7. The first-order chi connectivity index (χ1) is 19.4. The second kappa shape index (κ2) is 11.1. The monoisotopic (exact) mass is 592 g/mol. The molecule has 0 atom stereocenters. The molecular weight excluding hydrogens is 568 g/mol. The van der Waals surface area contributed by atoms with Gasteiger partial charge in [0.25, 0.3) is 5.56 Å². The van der Waals surface area contributed by atoms with Gasteiger partial charge in [0, 0.05) is 20.8 Å². The Bertz CT molecular complexity index is 1840. The second-order valence-electron chi connectivity index (χ2n) is 9.38. The highest BCUT2D eigenvalue weighted by atomic mass is 35.5. The highest BCUT2D eigenvalue weighted by molar-refractivity contribution is 7.99. The Morgan fingerprint density at radius 3 is 2.83 bits per heavy atom. The molecule has 0 bridgehead atoms. The average molecular weight is 593 g/mol. The molecule has 0 radical (unpaired) electrons. The minimum atomic E-state index is -0.411. The van der Waals surface area contributed by atoms with Crippen molar-refractivity contribution in [3.8, 4) is 5.69 Å². The summed E-state index contributed by atoms with van der Waals surface area (Å²) in [7, 11) is 0. The normalized spacial score (nSPS) is 12.9. The van der Waals surface area contributed by atoms with E-state index in [1.807, 2.05) is 24.3 Å². The lowest BCUT2D eigenvalue weighted by atomic mass is 9.95. The van der Waals surface area contributed by atoms with Crippen LogP contribution in [0, 0.1) is 0 Å². The van der Waals surface area contributed by atoms with Crippen molar-refractivity contribution in [1.29, 1.82) is 0 Å². The van der Waals surface area contributed by atoms with Crippen molar-refractivity contribution in [2.45, 2.75) is 37.8 Å². The summed E-state index contributed by atoms with van der Waals surface area (Å²) in [6.07, 6.45) is 3.74. The maximum atomic E-state index is 13.7. The van der Waals surface area contributed by atoms with E-state index in [-0.39, 0.29) is 23.8 Å². The van der Waals surface area contributed by atoms with E-state index in [4.69, 9.17) is 21.3 Å². The Labute approximate surface area is 242 Å². The fourth-order valence-corrected chi connectivity index (χ4v) is 7.33. The van der Waals surface area contributed by atoms with E-state index < -0.39 is 5.97 Å². The zero-order valence-corrected chi connectivity index (χ0v) is 24.0. The third-order valence-corrected chi connectivity index (χ3v) is 9.18. The number of halogens is 1. The number of para-hydroxylation sites is 1. The molecule has 204 valence electrons. The van der Waals surface area contributed by atoms with Crippen LogP contribution >= 0.6 is 34.7 Å². The number of amides is 1. The van der Waals surface area contributed by atoms with E-state index in [0.717, 1.165) is 58.8 Å². The Morgan fingerprint density at radius 2 is 2.00 bits per heavy atom. The summed E-state index contributed by atoms with van der Waals surface area (Å²) in [6, 6.07) is 14.5. The average Bonchev–Trinajstić information content (AvgIpc) is 3.50. The van der Waals surface area contributed by atoms with Gasteiger partial charge in [-0.2, -0.15) is 0 Å². The molecule has 8 nitrogen and oxygen atoms in total. The topological polar surface area (TPSA) is 106 Å². The Morgan fingerprint density at radius 1 is 1.18 bits per heavy atom. The molecule has 0 saturated carbocycles. The van der Waals surface area contributed by atoms with Crippen molar-refractivity contribution in [2.24, 2.45) is 0 Å². The van der Waals surface area contributed by atoms with Crippen LogP contribution in [0.1, 0.15) is 40.6 Å². The van der Waals surface area contributed by atoms with Gasteiger partial charge in [-0.15, -0.1) is 11.3 Å². The molecule has 0 fully saturated rings. The third kappa shape index (κ3) is 4.91. The lowest BCUT2D eigenvalue weighted by Crippen LogP contribution is -2.23. The molecule has 0 spiro atoms. The van der Waals surface area contributed by atoms with Gasteiger partial charge in [0.2, 0.25) is 5.91 Å². The number of nitrogens with zero attached hydrogens (tertiary/aromatic N) is 2. The van der Waals surface area contributed by atoms with Crippen LogP contribution in [0.15, 0.2) is 58.5 Å². The number of benzene rings is 2. The van der Waals surface area contributed by atoms with Crippen molar-refractivity contribution in [1.82, 2.24) is 14.5 Å². The summed E-state index contributed by atoms with van der Waals surface area (Å²) in [5.74, 6) is -0.739. The minimum absolute atomic E-state index is 0.0221. The van der Waals surface area contributed by atoms with Crippen LogP contribution in [0.4, 0.5) is 5.00 Å². The molecule has 1 aliphatic rings. The lowest BCUT2D eigenvalue weighted by Gasteiger charge is -2.13. The Kier molecular flexibility index (Phi) is 7.39. The molecule has 3 heterocycles. The largest absolute Gasteiger partial charge is 0.462 e. The van der Waals surface area contributed by atoms with E-state index in [1.54, 1.807) is 31.2 Å². The Balaban J connectivity index is 1.35. The van der Waals surface area contributed by atoms with Crippen LogP contribution in [-0.4, -0.2) is 38.8 Å². The van der Waals surface area contributed by atoms with Gasteiger partial charge in [0.05, 0.1) is 23.6 Å². The molecule has 0 unspecified atom stereocenters. The molecule has 40 heavy (non-hydrogen) atoms. The van der Waals surface area contributed by atoms with Gasteiger partial charge in [-0.25, -0.2) is 9.78 Å². The molecule has 11 heteroatoms. The lowest BCUT2D eigenvalue weighted by molar-refractivity contribution is -0.113. The van der Waals surface area contributed by atoms with Crippen LogP contribution in [0.3, 0.4) is 0 Å². The molecule has 5 aromatic rings. The maximum absolute atomic E-state index is 13.7. The number of anilines is 1. The van der Waals surface area contributed by atoms with Gasteiger partial charge in [0.15, 0.2) is 5.16 Å². The molecular formula is C29H25ClN4O4S2. The van der Waals surface area contributed by atoms with Gasteiger partial charge in [0.1, 0.15) is 16.0 Å². The molecule has 1 aliphatic carbocycles. The van der Waals surface area contributed by atoms with Crippen molar-refractivity contribution < 1.29 is 14.3 Å². The van der Waals surface area contributed by atoms with Gasteiger partial charge >= 0.3 is 5.97 Å². The zero-order chi connectivity index (χ0) is 27.8. The second-order valence-corrected chi connectivity index (χ2v) is 11.9. The molecule has 3 aromatic heterocycles. The predicted molar refractivity (Wildman–Crippen MR) is 160 cm³/mol. The number of thioether (sulfide) groups is 1. The SMILES string of the molecule is CCOC(=O)c1c(NC(=O)CSc2nc3c([nH]c4ccccc43)c(=O)n2-c2cccc(Cl)c2)sc2c1CCCC2. The summed E-state index contributed by atoms with van der Waals surface area (Å²) in [4.78, 5) is 48.9. The first-order valence-corrected chi connectivity index (χ1v) is 15.2. The highest BCUT2D eigenvalue weighted by Gasteiger charge is 2.27. The number of thiophene rings is 1. The number of aryl methyl sites for hydroxylation is 1. The summed E-state index contributed by atoms with van der Waals surface area (Å²) in [5.41, 5.74) is 3.42. The van der Waals surface area contributed by atoms with Gasteiger partial charge in [-0.05, 0) is 62.4 Å². The standard InChI is InChI=1S/C29H25ClN4O4S2/c1-2-38-28(37)23-19-11-4-6-13-21(19)40-26(23)32-22(35)15-39-29-33-24-18-10-3-5-12-20(18)31-25(24)27(36)34(29)17-9-7-8-16(30)14-17/h3,5,7-10,12,14,31H,2,4,6,11,13,15H2,1H3,(H,32,35). The number of hydrogen-bond donors (Lipinski definition) is 2. The van der Waals surface area contributed by atoms with Gasteiger partial charge < -0.3 is 15.0 Å². The number of aromatic nitrogens is 3. The predicted octanol–water partition coefficient (Wildman–Crippen LogP) is 6.37. The highest BCUT2D eigenvalue weighted by Crippen LogP contribution is 2.39. The molecule has 0 saturated heterocycles. The number of H-pyrrole nitrogens is 1. The van der Waals surface area contributed by atoms with Crippen molar-refractivity contribution >= 4 is 73.5 Å². The first kappa shape index (κ1) is 26.6. The molecule has 1 amide bonds. The molecule has 0 aliphatic heterocycles. The van der Waals surface area contributed by atoms with E-state index in [2.05, 4.69) is 10.3 Å². The smallest absolute Gasteiger partial charge is 0.341 e. The maximum Gasteiger partial charge on any atom is 0.341 e. The molecule has 6 rings (SSSR count). The van der Waals surface area contributed by atoms with Crippen LogP contribution in [-0.2, 0) is 22.4 Å². The van der Waals surface area contributed by atoms with Crippen LogP contribution in [0.25, 0.3) is 27.6 Å². The third-order valence-electron chi connectivity index (χ3n) is 6.80. The first-order valence-electron chi connectivity index (χ1n) is 13.0. The van der Waals surface area contributed by atoms with Crippen molar-refractivity contribution in [2.75, 3.05) is 17.7 Å². The van der Waals surface area contributed by atoms with E-state index in [1.165, 1.54) is 15.9 Å². The Hall–Kier alpha value is -3.60. The van der Waals surface area contributed by atoms with Crippen LogP contribution in [0.2, 0.25) is 5.02 Å². The minimum Gasteiger partial charge on any atom is -0.462 e. The number of fused-ring (bicyclic) bond motifs is 4. The summed E-state index contributed by atoms with van der Waals surface area (Å²) >= 11 is 8.84. The quantitative estimate of drug-likeness (QED) is 0.129. The number of nitrogens with one attached hydrogen (secondary N) is 2. The van der Waals surface area contributed by atoms with Gasteiger partial charge in [-0.1, -0.05) is 47.6 Å². The van der Waals surface area contributed by atoms with Gasteiger partial charge in [-0.3, -0.25) is 14.2 Å². The van der Waals surface area contributed by atoms with Crippen LogP contribution in [0.5, 0.6) is 0 Å². The number of carbonyl (C=O) groups excluding carboxylic acids is 2. The molecule has 2 aromatic carbocycles. The van der Waals surface area contributed by atoms with E-state index >= 15 is 0 Å². The molecule has 2 N–H and O–H groups in total.